The molecule has 3 aromatic heterocycles. The maximum absolute atomic E-state index is 14.3. The monoisotopic (exact) mass is 874 g/mol. The molecule has 0 radical (unpaired) electrons. The number of nitro groups is 1. The number of allylic oxidation sites excluding steroid dienone is 1. The number of fused-ring (bicyclic) bond motifs is 2. The number of hydrogen-bond acceptors (Lipinski definition) is 11. The third-order valence-corrected chi connectivity index (χ3v) is 16.5. The number of piperazine rings is 1. The van der Waals surface area contributed by atoms with Gasteiger partial charge in [0.05, 0.1) is 33.7 Å². The van der Waals surface area contributed by atoms with Gasteiger partial charge in [0.2, 0.25) is 0 Å². The van der Waals surface area contributed by atoms with E-state index in [1.165, 1.54) is 50.7 Å². The summed E-state index contributed by atoms with van der Waals surface area (Å²) in [5.41, 5.74) is 8.61. The van der Waals surface area contributed by atoms with Crippen LogP contribution in [-0.4, -0.2) is 120 Å². The molecule has 5 aromatic rings. The number of sulfone groups is 1. The van der Waals surface area contributed by atoms with Crippen molar-refractivity contribution in [2.24, 2.45) is 16.2 Å². The lowest BCUT2D eigenvalue weighted by Gasteiger charge is -2.72. The fourth-order valence-corrected chi connectivity index (χ4v) is 12.9. The van der Waals surface area contributed by atoms with Crippen LogP contribution in [0.3, 0.4) is 0 Å². The Bertz CT molecular complexity index is 2760. The van der Waals surface area contributed by atoms with Crippen molar-refractivity contribution in [3.63, 3.8) is 0 Å². The number of carbonyl (C=O) groups is 1. The maximum Gasteiger partial charge on any atom is 0.273 e. The van der Waals surface area contributed by atoms with Gasteiger partial charge in [0, 0.05) is 86.5 Å². The van der Waals surface area contributed by atoms with Gasteiger partial charge >= 0.3 is 0 Å². The summed E-state index contributed by atoms with van der Waals surface area (Å²) in [6, 6.07) is 13.4. The third-order valence-electron chi connectivity index (χ3n) is 14.9. The smallest absolute Gasteiger partial charge is 0.273 e. The molecule has 0 spiro atoms. The minimum atomic E-state index is -4.29. The fraction of sp³-hybridized carbons (Fsp3) is 0.521. The molecule has 332 valence electrons. The highest BCUT2D eigenvalue weighted by molar-refractivity contribution is 7.92. The molecule has 14 nitrogen and oxygen atoms in total. The third kappa shape index (κ3) is 7.99. The number of pyridine rings is 1. The Morgan fingerprint density at radius 3 is 2.56 bits per heavy atom. The summed E-state index contributed by atoms with van der Waals surface area (Å²) in [5.74, 6) is -1.48. The van der Waals surface area contributed by atoms with Crippen LogP contribution in [-0.2, 0) is 21.0 Å². The van der Waals surface area contributed by atoms with Crippen LogP contribution in [0.4, 0.5) is 11.4 Å². The van der Waals surface area contributed by atoms with Gasteiger partial charge < -0.3 is 14.5 Å². The largest absolute Gasteiger partial charge is 0.376 e. The highest BCUT2D eigenvalue weighted by atomic mass is 32.2. The molecule has 3 saturated carbocycles. The number of morpholine rings is 1. The van der Waals surface area contributed by atoms with E-state index in [9.17, 15) is 23.3 Å². The predicted octanol–water partition coefficient (Wildman–Crippen LogP) is 7.55. The summed E-state index contributed by atoms with van der Waals surface area (Å²) in [6.45, 7) is 14.0. The number of aromatic nitrogens is 4. The van der Waals surface area contributed by atoms with Crippen LogP contribution in [0.5, 0.6) is 0 Å². The van der Waals surface area contributed by atoms with Gasteiger partial charge in [-0.2, -0.15) is 0 Å². The van der Waals surface area contributed by atoms with E-state index in [2.05, 4.69) is 45.6 Å². The number of hydrogen-bond donors (Lipinski definition) is 1. The van der Waals surface area contributed by atoms with Crippen LogP contribution >= 0.6 is 0 Å². The number of aryl methyl sites for hydroxylation is 1. The molecule has 2 bridgehead atoms. The number of ketones is 1. The normalized spacial score (nSPS) is 25.3. The Kier molecular flexibility index (Phi) is 10.4. The molecule has 15 heteroatoms. The van der Waals surface area contributed by atoms with Crippen LogP contribution in [0.2, 0.25) is 0 Å². The second kappa shape index (κ2) is 15.6. The van der Waals surface area contributed by atoms with Crippen LogP contribution in [0, 0.1) is 26.4 Å². The van der Waals surface area contributed by atoms with Gasteiger partial charge in [0.1, 0.15) is 11.3 Å². The number of nitrogens with one attached hydrogen (secondary N) is 1. The number of H-pyrrole nitrogens is 1. The Hall–Kier alpha value is -4.96. The lowest BCUT2D eigenvalue weighted by atomic mass is 9.33. The van der Waals surface area contributed by atoms with E-state index in [0.717, 1.165) is 63.0 Å². The standard InChI is InChI=1S/C48H58N8O6S/c1-46(2)13-11-34(39(24-46)48-29-47(3,30-48)31-48)26-53-15-17-54(18-16-53)35-7-10-38(42(22-35)55-43-21-33-12-14-49-45(33)51-40(43)25-50-55)44(57)28-63(60,61)37-9-6-32(41(23-37)56(58)59)5-8-36-27-52(4)19-20-62-36/h6-7,9-10,12,14,21-23,25,36,50H,5,8,11,13,15-20,24,26-31H2,1-4H3. The number of carbonyl (C=O) groups excluding carboxylic acids is 1. The highest BCUT2D eigenvalue weighted by Crippen LogP contribution is 2.77. The number of nitro benzene ring substituents is 1. The first-order valence-electron chi connectivity index (χ1n) is 22.5. The SMILES string of the molecule is CN1CCOC(CCc2ccc(S(=O)(=O)CC(=O)c3ccc(N4CCN(CC5=C(C67CC(C)(C6)C7)CC(C)(C)CC5)CC4)cc3-n3[nH]cc4nc5nccc5cc43)cc2[N+](=O)[O-])C1. The second-order valence-electron chi connectivity index (χ2n) is 20.4. The molecular weight excluding hydrogens is 817 g/mol. The molecule has 11 rings (SSSR count). The van der Waals surface area contributed by atoms with E-state index >= 15 is 0 Å². The maximum atomic E-state index is 14.3. The lowest BCUT2D eigenvalue weighted by molar-refractivity contribution is -0.385. The molecule has 5 heterocycles. The zero-order chi connectivity index (χ0) is 43.9. The number of rotatable bonds is 13. The summed E-state index contributed by atoms with van der Waals surface area (Å²) in [4.78, 5) is 42.0. The molecule has 2 aliphatic heterocycles. The van der Waals surface area contributed by atoms with Crippen LogP contribution in [0.25, 0.3) is 27.8 Å². The number of aromatic amines is 1. The molecule has 2 saturated heterocycles. The summed E-state index contributed by atoms with van der Waals surface area (Å²) in [7, 11) is -2.28. The van der Waals surface area contributed by atoms with Crippen LogP contribution in [0.1, 0.15) is 81.6 Å². The molecule has 1 atom stereocenters. The Labute approximate surface area is 368 Å². The molecule has 63 heavy (non-hydrogen) atoms. The molecule has 2 aromatic carbocycles. The van der Waals surface area contributed by atoms with Crippen molar-refractivity contribution in [2.45, 2.75) is 83.1 Å². The first kappa shape index (κ1) is 42.0. The van der Waals surface area contributed by atoms with Crippen molar-refractivity contribution >= 4 is 49.1 Å². The summed E-state index contributed by atoms with van der Waals surface area (Å²) in [6.07, 6.45) is 12.1. The Morgan fingerprint density at radius 2 is 1.81 bits per heavy atom. The topological polar surface area (TPSA) is 160 Å². The van der Waals surface area contributed by atoms with Crippen molar-refractivity contribution in [1.29, 1.82) is 0 Å². The average Bonchev–Trinajstić information content (AvgIpc) is 3.87. The number of benzene rings is 2. The van der Waals surface area contributed by atoms with Gasteiger partial charge in [0.15, 0.2) is 21.3 Å². The number of Topliss-reactive ketones (excluding diaryl/α,β-unsaturated/α-hetero) is 1. The van der Waals surface area contributed by atoms with Crippen LogP contribution in [0.15, 0.2) is 77.0 Å². The fourth-order valence-electron chi connectivity index (χ4n) is 11.7. The first-order chi connectivity index (χ1) is 30.1. The minimum absolute atomic E-state index is 0.0662. The molecular formula is C48H58N8O6S. The predicted molar refractivity (Wildman–Crippen MR) is 243 cm³/mol. The molecule has 0 amide bonds. The molecule has 1 N–H and O–H groups in total. The van der Waals surface area contributed by atoms with Crippen LogP contribution < -0.4 is 4.90 Å². The second-order valence-corrected chi connectivity index (χ2v) is 22.4. The van der Waals surface area contributed by atoms with Crippen molar-refractivity contribution in [3.8, 4) is 5.69 Å². The zero-order valence-electron chi connectivity index (χ0n) is 36.9. The first-order valence-corrected chi connectivity index (χ1v) is 24.2. The zero-order valence-corrected chi connectivity index (χ0v) is 37.7. The molecule has 1 unspecified atom stereocenters. The van der Waals surface area contributed by atoms with E-state index in [0.29, 0.717) is 63.6 Å². The van der Waals surface area contributed by atoms with Gasteiger partial charge in [-0.3, -0.25) is 29.6 Å². The van der Waals surface area contributed by atoms with Gasteiger partial charge in [0.25, 0.3) is 5.69 Å². The van der Waals surface area contributed by atoms with Crippen molar-refractivity contribution < 1.29 is 22.9 Å². The number of nitrogens with zero attached hydrogens (tertiary/aromatic N) is 7. The quantitative estimate of drug-likeness (QED) is 0.0539. The minimum Gasteiger partial charge on any atom is -0.376 e. The van der Waals surface area contributed by atoms with E-state index < -0.39 is 26.3 Å². The molecule has 5 fully saturated rings. The van der Waals surface area contributed by atoms with Crippen molar-refractivity contribution in [2.75, 3.05) is 70.1 Å². The van der Waals surface area contributed by atoms with E-state index in [1.807, 2.05) is 31.3 Å². The Morgan fingerprint density at radius 1 is 1.02 bits per heavy atom. The van der Waals surface area contributed by atoms with Crippen molar-refractivity contribution in [1.82, 2.24) is 29.5 Å². The van der Waals surface area contributed by atoms with E-state index in [4.69, 9.17) is 9.72 Å². The lowest BCUT2D eigenvalue weighted by Crippen LogP contribution is -2.61. The average molecular weight is 875 g/mol. The van der Waals surface area contributed by atoms with Gasteiger partial charge in [-0.25, -0.2) is 18.4 Å². The number of likely N-dealkylation sites (N-methyl/N-ethyl adjacent to an activating group) is 1. The van der Waals surface area contributed by atoms with E-state index in [-0.39, 0.29) is 22.3 Å². The molecule has 6 aliphatic rings. The summed E-state index contributed by atoms with van der Waals surface area (Å²) < 4.78 is 35.6. The number of anilines is 1. The summed E-state index contributed by atoms with van der Waals surface area (Å²) in [5, 5.41) is 16.4. The van der Waals surface area contributed by atoms with Gasteiger partial charge in [-0.05, 0) is 111 Å². The van der Waals surface area contributed by atoms with Gasteiger partial charge in [-0.1, -0.05) is 38.0 Å². The van der Waals surface area contributed by atoms with E-state index in [1.54, 1.807) is 34.3 Å². The highest BCUT2D eigenvalue weighted by Gasteiger charge is 2.66. The summed E-state index contributed by atoms with van der Waals surface area (Å²) >= 11 is 0. The molecule has 4 aliphatic carbocycles. The number of ether oxygens (including phenoxy) is 1. The van der Waals surface area contributed by atoms with Gasteiger partial charge in [-0.15, -0.1) is 0 Å². The Balaban J connectivity index is 0.903. The van der Waals surface area contributed by atoms with Crippen molar-refractivity contribution in [3.05, 3.63) is 93.3 Å².